The first kappa shape index (κ1) is 12.0. The average Bonchev–Trinajstić information content (AvgIpc) is 2.27. The second-order valence-corrected chi connectivity index (χ2v) is 4.27. The third-order valence-electron chi connectivity index (χ3n) is 3.48. The fraction of sp³-hybridized carbons (Fsp3) is 1.00. The molecule has 1 saturated heterocycles. The van der Waals surface area contributed by atoms with Gasteiger partial charge in [-0.05, 0) is 26.2 Å². The van der Waals surface area contributed by atoms with E-state index in [4.69, 9.17) is 10.5 Å². The van der Waals surface area contributed by atoms with Gasteiger partial charge in [-0.3, -0.25) is 4.90 Å². The lowest BCUT2D eigenvalue weighted by Crippen LogP contribution is -2.51. The summed E-state index contributed by atoms with van der Waals surface area (Å²) in [6.07, 6.45) is 3.87. The van der Waals surface area contributed by atoms with Crippen molar-refractivity contribution in [2.75, 3.05) is 20.2 Å². The lowest BCUT2D eigenvalue weighted by Gasteiger charge is -2.41. The molecule has 0 amide bonds. The van der Waals surface area contributed by atoms with E-state index in [1.165, 1.54) is 6.42 Å². The number of hydrogen-bond acceptors (Lipinski definition) is 3. The summed E-state index contributed by atoms with van der Waals surface area (Å²) < 4.78 is 5.40. The number of rotatable bonds is 4. The maximum atomic E-state index is 5.81. The third-order valence-corrected chi connectivity index (χ3v) is 3.48. The van der Waals surface area contributed by atoms with Crippen LogP contribution in [-0.4, -0.2) is 43.3 Å². The molecule has 1 fully saturated rings. The summed E-state index contributed by atoms with van der Waals surface area (Å²) in [5, 5.41) is 0. The first-order valence-electron chi connectivity index (χ1n) is 5.71. The highest BCUT2D eigenvalue weighted by atomic mass is 16.5. The first-order valence-corrected chi connectivity index (χ1v) is 5.71. The molecule has 0 aromatic rings. The molecule has 0 bridgehead atoms. The van der Waals surface area contributed by atoms with Crippen molar-refractivity contribution < 1.29 is 4.74 Å². The second kappa shape index (κ2) is 5.69. The van der Waals surface area contributed by atoms with E-state index < -0.39 is 0 Å². The van der Waals surface area contributed by atoms with Crippen molar-refractivity contribution >= 4 is 0 Å². The Morgan fingerprint density at radius 3 is 2.79 bits per heavy atom. The molecule has 0 aliphatic carbocycles. The number of piperidine rings is 1. The first-order chi connectivity index (χ1) is 6.72. The summed E-state index contributed by atoms with van der Waals surface area (Å²) in [6, 6.07) is 1.17. The monoisotopic (exact) mass is 200 g/mol. The molecule has 1 rings (SSSR count). The van der Waals surface area contributed by atoms with Crippen LogP contribution in [0.3, 0.4) is 0 Å². The molecule has 0 aromatic carbocycles. The Hall–Kier alpha value is -0.120. The van der Waals surface area contributed by atoms with Crippen LogP contribution in [0, 0.1) is 0 Å². The summed E-state index contributed by atoms with van der Waals surface area (Å²) in [7, 11) is 1.80. The molecule has 3 atom stereocenters. The predicted octanol–water partition coefficient (Wildman–Crippen LogP) is 1.22. The Balaban J connectivity index is 2.52. The third kappa shape index (κ3) is 2.69. The van der Waals surface area contributed by atoms with E-state index in [0.29, 0.717) is 18.2 Å². The molecule has 84 valence electrons. The van der Waals surface area contributed by atoms with Crippen LogP contribution in [0.15, 0.2) is 0 Å². The number of methoxy groups -OCH3 is 1. The summed E-state index contributed by atoms with van der Waals surface area (Å²) in [5.41, 5.74) is 5.81. The Morgan fingerprint density at radius 1 is 1.57 bits per heavy atom. The van der Waals surface area contributed by atoms with Gasteiger partial charge in [-0.15, -0.1) is 0 Å². The van der Waals surface area contributed by atoms with Gasteiger partial charge >= 0.3 is 0 Å². The van der Waals surface area contributed by atoms with E-state index in [1.54, 1.807) is 7.11 Å². The molecular weight excluding hydrogens is 176 g/mol. The smallest absolute Gasteiger partial charge is 0.0599 e. The quantitative estimate of drug-likeness (QED) is 0.741. The minimum Gasteiger partial charge on any atom is -0.381 e. The zero-order valence-electron chi connectivity index (χ0n) is 9.70. The minimum absolute atomic E-state index is 0.420. The molecule has 1 aliphatic rings. The fourth-order valence-electron chi connectivity index (χ4n) is 2.29. The van der Waals surface area contributed by atoms with Crippen molar-refractivity contribution in [3.05, 3.63) is 0 Å². The van der Waals surface area contributed by atoms with Crippen LogP contribution >= 0.6 is 0 Å². The normalized spacial score (nSPS) is 31.7. The topological polar surface area (TPSA) is 38.5 Å². The lowest BCUT2D eigenvalue weighted by atomic mass is 9.97. The van der Waals surface area contributed by atoms with Crippen molar-refractivity contribution in [3.8, 4) is 0 Å². The lowest BCUT2D eigenvalue weighted by molar-refractivity contribution is -0.00169. The van der Waals surface area contributed by atoms with Crippen LogP contribution in [0.5, 0.6) is 0 Å². The van der Waals surface area contributed by atoms with Crippen LogP contribution in [-0.2, 0) is 4.74 Å². The van der Waals surface area contributed by atoms with Crippen molar-refractivity contribution in [2.45, 2.75) is 51.3 Å². The van der Waals surface area contributed by atoms with Gasteiger partial charge in [-0.2, -0.15) is 0 Å². The number of nitrogens with two attached hydrogens (primary N) is 1. The highest BCUT2D eigenvalue weighted by Gasteiger charge is 2.29. The fourth-order valence-corrected chi connectivity index (χ4v) is 2.29. The largest absolute Gasteiger partial charge is 0.381 e. The van der Waals surface area contributed by atoms with Gasteiger partial charge in [-0.25, -0.2) is 0 Å². The summed E-state index contributed by atoms with van der Waals surface area (Å²) in [5.74, 6) is 0. The van der Waals surface area contributed by atoms with Crippen LogP contribution in [0.4, 0.5) is 0 Å². The zero-order chi connectivity index (χ0) is 10.6. The van der Waals surface area contributed by atoms with Crippen LogP contribution in [0.2, 0.25) is 0 Å². The van der Waals surface area contributed by atoms with Gasteiger partial charge in [0.15, 0.2) is 0 Å². The highest BCUT2D eigenvalue weighted by molar-refractivity contribution is 4.85. The van der Waals surface area contributed by atoms with Crippen LogP contribution in [0.25, 0.3) is 0 Å². The molecule has 3 nitrogen and oxygen atoms in total. The molecule has 3 heteroatoms. The molecule has 14 heavy (non-hydrogen) atoms. The number of likely N-dealkylation sites (tertiary alicyclic amines) is 1. The van der Waals surface area contributed by atoms with Gasteiger partial charge in [0.25, 0.3) is 0 Å². The minimum atomic E-state index is 0.420. The zero-order valence-corrected chi connectivity index (χ0v) is 9.70. The van der Waals surface area contributed by atoms with Crippen LogP contribution in [0.1, 0.15) is 33.1 Å². The van der Waals surface area contributed by atoms with E-state index in [1.807, 2.05) is 0 Å². The predicted molar refractivity (Wildman–Crippen MR) is 59.3 cm³/mol. The van der Waals surface area contributed by atoms with E-state index >= 15 is 0 Å². The molecule has 3 unspecified atom stereocenters. The van der Waals surface area contributed by atoms with Gasteiger partial charge in [0.1, 0.15) is 0 Å². The van der Waals surface area contributed by atoms with Gasteiger partial charge in [0.05, 0.1) is 6.10 Å². The van der Waals surface area contributed by atoms with E-state index in [-0.39, 0.29) is 0 Å². The Morgan fingerprint density at radius 2 is 2.29 bits per heavy atom. The maximum absolute atomic E-state index is 5.81. The molecule has 0 aromatic heterocycles. The van der Waals surface area contributed by atoms with E-state index in [9.17, 15) is 0 Å². The molecule has 0 spiro atoms. The summed E-state index contributed by atoms with van der Waals surface area (Å²) >= 11 is 0. The van der Waals surface area contributed by atoms with E-state index in [2.05, 4.69) is 18.7 Å². The van der Waals surface area contributed by atoms with Crippen LogP contribution < -0.4 is 5.73 Å². The van der Waals surface area contributed by atoms with Gasteiger partial charge in [0.2, 0.25) is 0 Å². The van der Waals surface area contributed by atoms with Crippen molar-refractivity contribution in [1.82, 2.24) is 4.90 Å². The average molecular weight is 200 g/mol. The molecular formula is C11H24N2O. The SMILES string of the molecule is CCC(C)N1CCC(OC)CC1CN. The molecule has 0 radical (unpaired) electrons. The Labute approximate surface area is 87.6 Å². The van der Waals surface area contributed by atoms with Gasteiger partial charge in [-0.1, -0.05) is 6.92 Å². The summed E-state index contributed by atoms with van der Waals surface area (Å²) in [4.78, 5) is 2.54. The second-order valence-electron chi connectivity index (χ2n) is 4.27. The maximum Gasteiger partial charge on any atom is 0.0599 e. The summed E-state index contributed by atoms with van der Waals surface area (Å²) in [6.45, 7) is 6.41. The molecule has 0 saturated carbocycles. The molecule has 1 heterocycles. The molecule has 2 N–H and O–H groups in total. The number of ether oxygens (including phenoxy) is 1. The molecule has 1 aliphatic heterocycles. The standard InChI is InChI=1S/C11H24N2O/c1-4-9(2)13-6-5-11(14-3)7-10(13)8-12/h9-11H,4-8,12H2,1-3H3. The van der Waals surface area contributed by atoms with Crippen molar-refractivity contribution in [3.63, 3.8) is 0 Å². The van der Waals surface area contributed by atoms with Crippen molar-refractivity contribution in [1.29, 1.82) is 0 Å². The number of hydrogen-bond donors (Lipinski definition) is 1. The van der Waals surface area contributed by atoms with Crippen molar-refractivity contribution in [2.24, 2.45) is 5.73 Å². The van der Waals surface area contributed by atoms with E-state index in [0.717, 1.165) is 25.9 Å². The van der Waals surface area contributed by atoms with Gasteiger partial charge < -0.3 is 10.5 Å². The Kier molecular flexibility index (Phi) is 4.85. The highest BCUT2D eigenvalue weighted by Crippen LogP contribution is 2.22. The Bertz CT molecular complexity index is 163. The number of nitrogens with zero attached hydrogens (tertiary/aromatic N) is 1. The van der Waals surface area contributed by atoms with Gasteiger partial charge in [0, 0.05) is 32.3 Å².